The zero-order chi connectivity index (χ0) is 8.20. The summed E-state index contributed by atoms with van der Waals surface area (Å²) in [4.78, 5) is 12.2. The van der Waals surface area contributed by atoms with Crippen LogP contribution in [0.3, 0.4) is 0 Å². The Hall–Kier alpha value is -0.370. The van der Waals surface area contributed by atoms with Gasteiger partial charge in [0.15, 0.2) is 0 Å². The average molecular weight is 142 g/mol. The molecule has 0 bridgehead atoms. The maximum absolute atomic E-state index is 10.1. The van der Waals surface area contributed by atoms with Gasteiger partial charge in [-0.15, -0.1) is 0 Å². The SMILES string of the molecule is CN(C)CC(C)(C)[CH]C=O. The highest BCUT2D eigenvalue weighted by Gasteiger charge is 2.17. The standard InChI is InChI=1S/C8H16NO/c1-8(2,5-6-10)7-9(3)4/h5-6H,7H2,1-4H3. The van der Waals surface area contributed by atoms with E-state index >= 15 is 0 Å². The van der Waals surface area contributed by atoms with Crippen LogP contribution in [0.25, 0.3) is 0 Å². The quantitative estimate of drug-likeness (QED) is 0.545. The summed E-state index contributed by atoms with van der Waals surface area (Å²) in [6.45, 7) is 4.99. The third-order valence-electron chi connectivity index (χ3n) is 1.24. The van der Waals surface area contributed by atoms with Crippen LogP contribution in [-0.2, 0) is 4.79 Å². The minimum absolute atomic E-state index is 0.00521. The monoisotopic (exact) mass is 142 g/mol. The van der Waals surface area contributed by atoms with Crippen molar-refractivity contribution in [1.82, 2.24) is 4.90 Å². The molecule has 0 aliphatic heterocycles. The molecule has 10 heavy (non-hydrogen) atoms. The molecule has 0 aliphatic rings. The normalized spacial score (nSPS) is 12.1. The molecule has 2 nitrogen and oxygen atoms in total. The highest BCUT2D eigenvalue weighted by atomic mass is 16.1. The average Bonchev–Trinajstić information content (AvgIpc) is 1.59. The van der Waals surface area contributed by atoms with Crippen LogP contribution >= 0.6 is 0 Å². The Bertz CT molecular complexity index is 108. The Morgan fingerprint density at radius 2 is 1.90 bits per heavy atom. The van der Waals surface area contributed by atoms with Crippen molar-refractivity contribution in [3.63, 3.8) is 0 Å². The Morgan fingerprint density at radius 3 is 2.20 bits per heavy atom. The topological polar surface area (TPSA) is 20.3 Å². The highest BCUT2D eigenvalue weighted by molar-refractivity contribution is 5.62. The summed E-state index contributed by atoms with van der Waals surface area (Å²) in [5.74, 6) is 0. The predicted molar refractivity (Wildman–Crippen MR) is 42.7 cm³/mol. The Labute approximate surface area is 63.2 Å². The summed E-state index contributed by atoms with van der Waals surface area (Å²) in [6.07, 6.45) is 2.55. The van der Waals surface area contributed by atoms with Crippen molar-refractivity contribution in [1.29, 1.82) is 0 Å². The molecule has 0 fully saturated rings. The Balaban J connectivity index is 3.73. The first kappa shape index (κ1) is 9.63. The molecule has 0 rings (SSSR count). The summed E-state index contributed by atoms with van der Waals surface area (Å²) in [6, 6.07) is 0. The van der Waals surface area contributed by atoms with Crippen molar-refractivity contribution in [2.24, 2.45) is 5.41 Å². The molecule has 0 saturated heterocycles. The number of hydrogen-bond donors (Lipinski definition) is 0. The molecule has 1 radical (unpaired) electrons. The molecule has 0 spiro atoms. The molecular weight excluding hydrogens is 126 g/mol. The van der Waals surface area contributed by atoms with Crippen LogP contribution in [0.2, 0.25) is 0 Å². The molecule has 0 heterocycles. The molecule has 0 aromatic carbocycles. The second kappa shape index (κ2) is 3.71. The van der Waals surface area contributed by atoms with Crippen molar-refractivity contribution >= 4 is 6.29 Å². The summed E-state index contributed by atoms with van der Waals surface area (Å²) >= 11 is 0. The molecule has 0 aliphatic carbocycles. The van der Waals surface area contributed by atoms with Gasteiger partial charge < -0.3 is 9.69 Å². The van der Waals surface area contributed by atoms with Crippen molar-refractivity contribution in [3.8, 4) is 0 Å². The summed E-state index contributed by atoms with van der Waals surface area (Å²) in [5, 5.41) is 0. The summed E-state index contributed by atoms with van der Waals surface area (Å²) < 4.78 is 0. The Kier molecular flexibility index (Phi) is 3.58. The largest absolute Gasteiger partial charge is 0.309 e. The van der Waals surface area contributed by atoms with E-state index in [1.165, 1.54) is 0 Å². The van der Waals surface area contributed by atoms with E-state index in [0.29, 0.717) is 0 Å². The van der Waals surface area contributed by atoms with E-state index in [0.717, 1.165) is 12.8 Å². The number of aldehydes is 1. The molecule has 2 heteroatoms. The first-order valence-electron chi connectivity index (χ1n) is 3.42. The summed E-state index contributed by atoms with van der Waals surface area (Å²) in [5.41, 5.74) is 0.00521. The van der Waals surface area contributed by atoms with Crippen LogP contribution < -0.4 is 0 Å². The smallest absolute Gasteiger partial charge is 0.124 e. The van der Waals surface area contributed by atoms with Gasteiger partial charge in [-0.25, -0.2) is 0 Å². The molecule has 0 amide bonds. The maximum Gasteiger partial charge on any atom is 0.124 e. The number of nitrogens with zero attached hydrogens (tertiary/aromatic N) is 1. The molecule has 0 atom stereocenters. The van der Waals surface area contributed by atoms with Gasteiger partial charge >= 0.3 is 0 Å². The van der Waals surface area contributed by atoms with Gasteiger partial charge in [-0.05, 0) is 19.5 Å². The minimum Gasteiger partial charge on any atom is -0.309 e. The lowest BCUT2D eigenvalue weighted by Gasteiger charge is -2.25. The van der Waals surface area contributed by atoms with Gasteiger partial charge in [0.05, 0.1) is 0 Å². The van der Waals surface area contributed by atoms with E-state index in [2.05, 4.69) is 4.90 Å². The third-order valence-corrected chi connectivity index (χ3v) is 1.24. The van der Waals surface area contributed by atoms with E-state index in [1.54, 1.807) is 6.42 Å². The zero-order valence-electron chi connectivity index (χ0n) is 7.22. The predicted octanol–water partition coefficient (Wildman–Crippen LogP) is 0.977. The van der Waals surface area contributed by atoms with E-state index < -0.39 is 0 Å². The van der Waals surface area contributed by atoms with Crippen LogP contribution in [0.1, 0.15) is 13.8 Å². The summed E-state index contributed by atoms with van der Waals surface area (Å²) in [7, 11) is 4.00. The van der Waals surface area contributed by atoms with E-state index in [4.69, 9.17) is 0 Å². The molecule has 59 valence electrons. The van der Waals surface area contributed by atoms with Crippen LogP contribution in [0, 0.1) is 11.8 Å². The molecular formula is C8H16NO. The lowest BCUT2D eigenvalue weighted by molar-refractivity contribution is -0.106. The highest BCUT2D eigenvalue weighted by Crippen LogP contribution is 2.17. The fourth-order valence-corrected chi connectivity index (χ4v) is 1.05. The van der Waals surface area contributed by atoms with Gasteiger partial charge in [0, 0.05) is 13.0 Å². The second-order valence-corrected chi connectivity index (χ2v) is 3.53. The third kappa shape index (κ3) is 4.50. The van der Waals surface area contributed by atoms with E-state index in [-0.39, 0.29) is 5.41 Å². The van der Waals surface area contributed by atoms with Crippen LogP contribution in [0.4, 0.5) is 0 Å². The minimum atomic E-state index is 0.00521. The van der Waals surface area contributed by atoms with Gasteiger partial charge in [0.1, 0.15) is 6.29 Å². The number of carbonyl (C=O) groups is 1. The molecule has 0 aromatic rings. The van der Waals surface area contributed by atoms with Crippen LogP contribution in [0.15, 0.2) is 0 Å². The van der Waals surface area contributed by atoms with Gasteiger partial charge in [0.25, 0.3) is 0 Å². The number of carbonyl (C=O) groups excluding carboxylic acids is 1. The van der Waals surface area contributed by atoms with Crippen LogP contribution in [-0.4, -0.2) is 31.8 Å². The van der Waals surface area contributed by atoms with Crippen LogP contribution in [0.5, 0.6) is 0 Å². The zero-order valence-corrected chi connectivity index (χ0v) is 7.22. The van der Waals surface area contributed by atoms with Gasteiger partial charge in [-0.2, -0.15) is 0 Å². The lowest BCUT2D eigenvalue weighted by Crippen LogP contribution is -2.29. The molecule has 0 aromatic heterocycles. The number of rotatable bonds is 4. The van der Waals surface area contributed by atoms with Gasteiger partial charge in [0.2, 0.25) is 0 Å². The van der Waals surface area contributed by atoms with Crippen molar-refractivity contribution in [2.75, 3.05) is 20.6 Å². The first-order chi connectivity index (χ1) is 4.48. The number of hydrogen-bond acceptors (Lipinski definition) is 2. The second-order valence-electron chi connectivity index (χ2n) is 3.53. The van der Waals surface area contributed by atoms with E-state index in [1.807, 2.05) is 27.9 Å². The first-order valence-corrected chi connectivity index (χ1v) is 3.42. The fourth-order valence-electron chi connectivity index (χ4n) is 1.05. The lowest BCUT2D eigenvalue weighted by atomic mass is 9.90. The van der Waals surface area contributed by atoms with Crippen molar-refractivity contribution in [2.45, 2.75) is 13.8 Å². The fraction of sp³-hybridized carbons (Fsp3) is 0.750. The Morgan fingerprint density at radius 1 is 1.40 bits per heavy atom. The van der Waals surface area contributed by atoms with Gasteiger partial charge in [-0.1, -0.05) is 13.8 Å². The van der Waals surface area contributed by atoms with Crippen molar-refractivity contribution in [3.05, 3.63) is 6.42 Å². The van der Waals surface area contributed by atoms with Gasteiger partial charge in [-0.3, -0.25) is 0 Å². The molecule has 0 unspecified atom stereocenters. The molecule has 0 N–H and O–H groups in total. The van der Waals surface area contributed by atoms with Crippen molar-refractivity contribution < 1.29 is 4.79 Å². The maximum atomic E-state index is 10.1. The molecule has 0 saturated carbocycles. The van der Waals surface area contributed by atoms with E-state index in [9.17, 15) is 4.79 Å².